The van der Waals surface area contributed by atoms with Crippen LogP contribution in [0.3, 0.4) is 0 Å². The minimum Gasteiger partial charge on any atom is -0.462 e. The first-order valence-corrected chi connectivity index (χ1v) is 10.2. The largest absolute Gasteiger partial charge is 0.462 e. The van der Waals surface area contributed by atoms with Crippen LogP contribution in [0, 0.1) is 0 Å². The van der Waals surface area contributed by atoms with Gasteiger partial charge >= 0.3 is 5.97 Å². The maximum absolute atomic E-state index is 11.0. The lowest BCUT2D eigenvalue weighted by molar-refractivity contribution is -0.138. The van der Waals surface area contributed by atoms with Gasteiger partial charge in [-0.05, 0) is 25.9 Å². The van der Waals surface area contributed by atoms with Crippen molar-refractivity contribution in [3.05, 3.63) is 12.2 Å². The molecule has 0 bridgehead atoms. The van der Waals surface area contributed by atoms with Gasteiger partial charge in [-0.3, -0.25) is 0 Å². The molecule has 0 aromatic heterocycles. The van der Waals surface area contributed by atoms with Crippen LogP contribution in [0.2, 0.25) is 12.6 Å². The van der Waals surface area contributed by atoms with Crippen molar-refractivity contribution in [1.82, 2.24) is 0 Å². The summed E-state index contributed by atoms with van der Waals surface area (Å²) in [5, 5.41) is 0. The second-order valence-corrected chi connectivity index (χ2v) is 13.3. The highest BCUT2D eigenvalue weighted by atomic mass is 127. The van der Waals surface area contributed by atoms with E-state index in [1.807, 2.05) is 0 Å². The molecule has 0 amide bonds. The fraction of sp³-hybridized carbons (Fsp3) is 0.667. The molecule has 0 heterocycles. The summed E-state index contributed by atoms with van der Waals surface area (Å²) in [5.41, 5.74) is 0.450. The zero-order valence-corrected chi connectivity index (χ0v) is 12.1. The predicted octanol–water partition coefficient (Wildman–Crippen LogP) is 2.65. The van der Waals surface area contributed by atoms with Crippen LogP contribution >= 0.6 is 21.8 Å². The van der Waals surface area contributed by atoms with E-state index in [2.05, 4.69) is 34.9 Å². The molecule has 0 aromatic rings. The number of carbonyl (C=O) groups is 1. The van der Waals surface area contributed by atoms with Gasteiger partial charge in [0.1, 0.15) is 0 Å². The maximum Gasteiger partial charge on any atom is 0.333 e. The van der Waals surface area contributed by atoms with Crippen LogP contribution in [-0.4, -0.2) is 25.5 Å². The molecular weight excluding hydrogens is 311 g/mol. The SMILES string of the molecule is C=C(C)C(=O)OCCC[Si](C)(I)OC. The van der Waals surface area contributed by atoms with Gasteiger partial charge in [0, 0.05) is 12.7 Å². The van der Waals surface area contributed by atoms with Gasteiger partial charge in [-0.2, -0.15) is 0 Å². The highest BCUT2D eigenvalue weighted by Crippen LogP contribution is 2.20. The molecule has 0 spiro atoms. The minimum absolute atomic E-state index is 0.306. The molecule has 82 valence electrons. The topological polar surface area (TPSA) is 35.5 Å². The molecule has 5 heteroatoms. The smallest absolute Gasteiger partial charge is 0.333 e. The number of hydrogen-bond donors (Lipinski definition) is 0. The fourth-order valence-corrected chi connectivity index (χ4v) is 2.90. The molecule has 3 nitrogen and oxygen atoms in total. The van der Waals surface area contributed by atoms with Crippen LogP contribution in [0.25, 0.3) is 0 Å². The quantitative estimate of drug-likeness (QED) is 0.188. The molecule has 0 rings (SSSR count). The van der Waals surface area contributed by atoms with Crippen molar-refractivity contribution in [2.45, 2.75) is 25.9 Å². The number of halogens is 1. The van der Waals surface area contributed by atoms with E-state index in [0.717, 1.165) is 12.5 Å². The second-order valence-electron chi connectivity index (χ2n) is 3.33. The summed E-state index contributed by atoms with van der Waals surface area (Å²) >= 11 is 2.37. The van der Waals surface area contributed by atoms with Gasteiger partial charge in [-0.25, -0.2) is 4.79 Å². The molecule has 1 unspecified atom stereocenters. The molecule has 14 heavy (non-hydrogen) atoms. The lowest BCUT2D eigenvalue weighted by atomic mass is 10.4. The Balaban J connectivity index is 3.57. The highest BCUT2D eigenvalue weighted by molar-refractivity contribution is 14.1. The van der Waals surface area contributed by atoms with E-state index in [9.17, 15) is 4.79 Å². The average Bonchev–Trinajstić information content (AvgIpc) is 2.12. The molecule has 0 N–H and O–H groups in total. The summed E-state index contributed by atoms with van der Waals surface area (Å²) in [6, 6.07) is 0.994. The second kappa shape index (κ2) is 6.57. The van der Waals surface area contributed by atoms with Gasteiger partial charge in [0.15, 0.2) is 0 Å². The summed E-state index contributed by atoms with van der Waals surface area (Å²) in [6.45, 7) is 7.75. The van der Waals surface area contributed by atoms with Crippen molar-refractivity contribution in [1.29, 1.82) is 0 Å². The molecule has 1 atom stereocenters. The Hall–Kier alpha value is 0.117. The van der Waals surface area contributed by atoms with Crippen LogP contribution < -0.4 is 0 Å². The Morgan fingerprint density at radius 3 is 2.57 bits per heavy atom. The number of esters is 1. The Kier molecular flexibility index (Phi) is 6.63. The summed E-state index contributed by atoms with van der Waals surface area (Å²) in [5.74, 6) is -1.83. The normalized spacial score (nSPS) is 14.6. The van der Waals surface area contributed by atoms with Crippen molar-refractivity contribution in [2.24, 2.45) is 0 Å². The van der Waals surface area contributed by atoms with Crippen LogP contribution in [0.4, 0.5) is 0 Å². The average molecular weight is 328 g/mol. The van der Waals surface area contributed by atoms with E-state index < -0.39 is 5.81 Å². The van der Waals surface area contributed by atoms with Crippen LogP contribution in [0.1, 0.15) is 13.3 Å². The lowest BCUT2D eigenvalue weighted by Crippen LogP contribution is -2.24. The Bertz CT molecular complexity index is 216. The van der Waals surface area contributed by atoms with E-state index in [1.54, 1.807) is 14.0 Å². The first kappa shape index (κ1) is 14.1. The highest BCUT2D eigenvalue weighted by Gasteiger charge is 2.22. The summed E-state index contributed by atoms with van der Waals surface area (Å²) in [6.07, 6.45) is 0.860. The van der Waals surface area contributed by atoms with E-state index in [-0.39, 0.29) is 5.97 Å². The van der Waals surface area contributed by atoms with Crippen molar-refractivity contribution >= 4 is 33.6 Å². The van der Waals surface area contributed by atoms with Crippen LogP contribution in [-0.2, 0) is 14.0 Å². The molecule has 0 aliphatic rings. The van der Waals surface area contributed by atoms with Gasteiger partial charge < -0.3 is 9.16 Å². The van der Waals surface area contributed by atoms with Gasteiger partial charge in [0.25, 0.3) is 5.81 Å². The third kappa shape index (κ3) is 6.55. The van der Waals surface area contributed by atoms with Gasteiger partial charge in [0.05, 0.1) is 6.61 Å². The van der Waals surface area contributed by atoms with Gasteiger partial charge in [-0.15, -0.1) is 0 Å². The number of rotatable bonds is 6. The molecule has 0 radical (unpaired) electrons. The van der Waals surface area contributed by atoms with Gasteiger partial charge in [0.2, 0.25) is 0 Å². The summed E-state index contributed by atoms with van der Waals surface area (Å²) in [4.78, 5) is 11.0. The van der Waals surface area contributed by atoms with Crippen molar-refractivity contribution < 1.29 is 14.0 Å². The first-order chi connectivity index (χ1) is 6.39. The van der Waals surface area contributed by atoms with Crippen LogP contribution in [0.15, 0.2) is 12.2 Å². The predicted molar refractivity (Wildman–Crippen MR) is 67.8 cm³/mol. The van der Waals surface area contributed by atoms with E-state index in [0.29, 0.717) is 12.2 Å². The molecule has 0 saturated carbocycles. The van der Waals surface area contributed by atoms with E-state index in [1.165, 1.54) is 0 Å². The molecule has 0 aliphatic carbocycles. The maximum atomic E-state index is 11.0. The number of ether oxygens (including phenoxy) is 1. The summed E-state index contributed by atoms with van der Waals surface area (Å²) < 4.78 is 10.3. The molecule has 0 fully saturated rings. The standard InChI is InChI=1S/C9H17IO3Si/c1-8(2)9(11)13-6-5-7-14(4,10)12-3/h1,5-7H2,2-4H3. The lowest BCUT2D eigenvalue weighted by Gasteiger charge is -2.16. The molecule has 0 aliphatic heterocycles. The Labute approximate surface area is 99.2 Å². The van der Waals surface area contributed by atoms with E-state index >= 15 is 0 Å². The third-order valence-corrected chi connectivity index (χ3v) is 6.81. The monoisotopic (exact) mass is 328 g/mol. The molecule has 0 aromatic carbocycles. The number of hydrogen-bond acceptors (Lipinski definition) is 3. The molecule has 0 saturated heterocycles. The van der Waals surface area contributed by atoms with Gasteiger partial charge in [-0.1, -0.05) is 28.4 Å². The minimum atomic E-state index is -1.52. The third-order valence-electron chi connectivity index (χ3n) is 1.77. The van der Waals surface area contributed by atoms with Crippen molar-refractivity contribution in [3.8, 4) is 0 Å². The van der Waals surface area contributed by atoms with Crippen molar-refractivity contribution in [2.75, 3.05) is 13.7 Å². The fourth-order valence-electron chi connectivity index (χ4n) is 0.778. The summed E-state index contributed by atoms with van der Waals surface area (Å²) in [7, 11) is 1.73. The molecular formula is C9H17IO3Si. The zero-order chi connectivity index (χ0) is 11.2. The Morgan fingerprint density at radius 1 is 1.57 bits per heavy atom. The van der Waals surface area contributed by atoms with E-state index in [4.69, 9.17) is 9.16 Å². The van der Waals surface area contributed by atoms with Crippen LogP contribution in [0.5, 0.6) is 0 Å². The van der Waals surface area contributed by atoms with Crippen molar-refractivity contribution in [3.63, 3.8) is 0 Å². The Morgan fingerprint density at radius 2 is 2.14 bits per heavy atom. The first-order valence-electron chi connectivity index (χ1n) is 4.46. The zero-order valence-electron chi connectivity index (χ0n) is 8.93. The number of carbonyl (C=O) groups excluding carboxylic acids is 1.